The molecule has 37 heavy (non-hydrogen) atoms. The Hall–Kier alpha value is -4.23. The van der Waals surface area contributed by atoms with Gasteiger partial charge in [0.05, 0.1) is 11.8 Å². The van der Waals surface area contributed by atoms with Gasteiger partial charge in [0, 0.05) is 10.0 Å². The topological polar surface area (TPSA) is 77.0 Å². The number of hydrogen-bond donors (Lipinski definition) is 1. The summed E-state index contributed by atoms with van der Waals surface area (Å²) in [7, 11) is 0. The second-order valence-corrected chi connectivity index (χ2v) is 9.19. The first kappa shape index (κ1) is 25.9. The summed E-state index contributed by atoms with van der Waals surface area (Å²) in [6.45, 7) is 3.49. The van der Waals surface area contributed by atoms with Crippen LogP contribution in [0, 0.1) is 6.92 Å². The van der Waals surface area contributed by atoms with E-state index in [0.717, 1.165) is 21.2 Å². The molecule has 186 valence electrons. The standard InChI is InChI=1S/C30H25BrN2O4/c1-20-8-6-7-11-27(20)30(35)37-28-17-14-25(31)18-24(28)19-32-33-29(34)21(2)36-26-15-12-23(13-16-26)22-9-4-3-5-10-22/h3-19,21H,1-2H3,(H,33,34)/b32-19-/t21-/m1/s1. The molecule has 4 rings (SSSR count). The van der Waals surface area contributed by atoms with Gasteiger partial charge in [0.2, 0.25) is 0 Å². The van der Waals surface area contributed by atoms with E-state index in [1.807, 2.05) is 73.7 Å². The number of carbonyl (C=O) groups excluding carboxylic acids is 2. The molecule has 4 aromatic rings. The van der Waals surface area contributed by atoms with Crippen LogP contribution in [0.4, 0.5) is 0 Å². The van der Waals surface area contributed by atoms with Crippen molar-refractivity contribution in [3.05, 3.63) is 118 Å². The van der Waals surface area contributed by atoms with Gasteiger partial charge in [-0.1, -0.05) is 76.6 Å². The van der Waals surface area contributed by atoms with Gasteiger partial charge >= 0.3 is 5.97 Å². The van der Waals surface area contributed by atoms with Crippen LogP contribution in [0.25, 0.3) is 11.1 Å². The Morgan fingerprint density at radius 3 is 2.30 bits per heavy atom. The van der Waals surface area contributed by atoms with Crippen LogP contribution in [0.15, 0.2) is 107 Å². The lowest BCUT2D eigenvalue weighted by Gasteiger charge is -2.13. The summed E-state index contributed by atoms with van der Waals surface area (Å²) < 4.78 is 12.1. The van der Waals surface area contributed by atoms with Crippen molar-refractivity contribution >= 4 is 34.0 Å². The maximum absolute atomic E-state index is 12.7. The van der Waals surface area contributed by atoms with Gasteiger partial charge in [-0.2, -0.15) is 5.10 Å². The molecule has 1 amide bonds. The van der Waals surface area contributed by atoms with Crippen molar-refractivity contribution in [1.29, 1.82) is 0 Å². The van der Waals surface area contributed by atoms with Gasteiger partial charge in [-0.15, -0.1) is 0 Å². The Labute approximate surface area is 224 Å². The van der Waals surface area contributed by atoms with Crippen molar-refractivity contribution in [2.75, 3.05) is 0 Å². The molecule has 0 unspecified atom stereocenters. The number of hydrogen-bond acceptors (Lipinski definition) is 5. The van der Waals surface area contributed by atoms with Gasteiger partial charge in [-0.3, -0.25) is 4.79 Å². The second kappa shape index (κ2) is 12.1. The van der Waals surface area contributed by atoms with Crippen LogP contribution in [0.5, 0.6) is 11.5 Å². The molecule has 6 nitrogen and oxygen atoms in total. The molecule has 0 aliphatic heterocycles. The third-order valence-corrected chi connectivity index (χ3v) is 6.05. The molecule has 0 aliphatic carbocycles. The van der Waals surface area contributed by atoms with E-state index in [9.17, 15) is 9.59 Å². The first-order valence-corrected chi connectivity index (χ1v) is 12.4. The van der Waals surface area contributed by atoms with Gasteiger partial charge in [0.15, 0.2) is 6.10 Å². The fourth-order valence-electron chi connectivity index (χ4n) is 3.54. The summed E-state index contributed by atoms with van der Waals surface area (Å²) in [6, 6.07) is 29.9. The number of hydrazone groups is 1. The van der Waals surface area contributed by atoms with E-state index in [0.29, 0.717) is 22.6 Å². The fourth-order valence-corrected chi connectivity index (χ4v) is 3.92. The Morgan fingerprint density at radius 2 is 1.57 bits per heavy atom. The summed E-state index contributed by atoms with van der Waals surface area (Å²) in [6.07, 6.45) is 0.644. The Morgan fingerprint density at radius 1 is 0.892 bits per heavy atom. The zero-order valence-electron chi connectivity index (χ0n) is 20.4. The summed E-state index contributed by atoms with van der Waals surface area (Å²) in [4.78, 5) is 25.2. The highest BCUT2D eigenvalue weighted by molar-refractivity contribution is 9.10. The Kier molecular flexibility index (Phi) is 8.48. The molecule has 0 saturated heterocycles. The van der Waals surface area contributed by atoms with Crippen molar-refractivity contribution < 1.29 is 19.1 Å². The van der Waals surface area contributed by atoms with Crippen molar-refractivity contribution in [3.8, 4) is 22.6 Å². The molecule has 0 fully saturated rings. The van der Waals surface area contributed by atoms with E-state index in [4.69, 9.17) is 9.47 Å². The molecule has 1 atom stereocenters. The number of nitrogens with zero attached hydrogens (tertiary/aromatic N) is 1. The SMILES string of the molecule is Cc1ccccc1C(=O)Oc1ccc(Br)cc1/C=N\NC(=O)[C@@H](C)Oc1ccc(-c2ccccc2)cc1. The average molecular weight is 557 g/mol. The van der Waals surface area contributed by atoms with Gasteiger partial charge in [0.25, 0.3) is 5.91 Å². The maximum Gasteiger partial charge on any atom is 0.343 e. The van der Waals surface area contributed by atoms with Crippen LogP contribution >= 0.6 is 15.9 Å². The van der Waals surface area contributed by atoms with Crippen LogP contribution in [-0.4, -0.2) is 24.2 Å². The number of ether oxygens (including phenoxy) is 2. The minimum absolute atomic E-state index is 0.317. The molecule has 0 heterocycles. The summed E-state index contributed by atoms with van der Waals surface area (Å²) >= 11 is 3.41. The minimum Gasteiger partial charge on any atom is -0.481 e. The lowest BCUT2D eigenvalue weighted by molar-refractivity contribution is -0.127. The number of halogens is 1. The molecule has 0 aliphatic rings. The lowest BCUT2D eigenvalue weighted by atomic mass is 10.1. The predicted molar refractivity (Wildman–Crippen MR) is 148 cm³/mol. The number of esters is 1. The van der Waals surface area contributed by atoms with Crippen LogP contribution in [0.1, 0.15) is 28.4 Å². The van der Waals surface area contributed by atoms with Crippen molar-refractivity contribution in [3.63, 3.8) is 0 Å². The van der Waals surface area contributed by atoms with Crippen LogP contribution in [0.2, 0.25) is 0 Å². The van der Waals surface area contributed by atoms with Crippen LogP contribution < -0.4 is 14.9 Å². The van der Waals surface area contributed by atoms with E-state index in [1.54, 1.807) is 37.3 Å². The molecule has 0 spiro atoms. The first-order chi connectivity index (χ1) is 17.9. The van der Waals surface area contributed by atoms with E-state index in [1.165, 1.54) is 6.21 Å². The lowest BCUT2D eigenvalue weighted by Crippen LogP contribution is -2.33. The predicted octanol–water partition coefficient (Wildman–Crippen LogP) is 6.56. The molecule has 7 heteroatoms. The van der Waals surface area contributed by atoms with E-state index in [-0.39, 0.29) is 0 Å². The van der Waals surface area contributed by atoms with Crippen LogP contribution in [-0.2, 0) is 4.79 Å². The molecule has 0 aromatic heterocycles. The maximum atomic E-state index is 12.7. The molecule has 0 bridgehead atoms. The summed E-state index contributed by atoms with van der Waals surface area (Å²) in [5, 5.41) is 4.04. The zero-order valence-corrected chi connectivity index (χ0v) is 21.9. The molecular formula is C30H25BrN2O4. The molecule has 1 N–H and O–H groups in total. The third kappa shape index (κ3) is 6.92. The molecular weight excluding hydrogens is 532 g/mol. The van der Waals surface area contributed by atoms with Crippen molar-refractivity contribution in [1.82, 2.24) is 5.43 Å². The average Bonchev–Trinajstić information content (AvgIpc) is 2.91. The normalized spacial score (nSPS) is 11.6. The first-order valence-electron chi connectivity index (χ1n) is 11.6. The van der Waals surface area contributed by atoms with E-state index < -0.39 is 18.0 Å². The number of rotatable bonds is 8. The van der Waals surface area contributed by atoms with Crippen molar-refractivity contribution in [2.45, 2.75) is 20.0 Å². The highest BCUT2D eigenvalue weighted by Gasteiger charge is 2.15. The quantitative estimate of drug-likeness (QED) is 0.115. The molecule has 4 aromatic carbocycles. The minimum atomic E-state index is -0.777. The van der Waals surface area contributed by atoms with Gasteiger partial charge in [0.1, 0.15) is 11.5 Å². The van der Waals surface area contributed by atoms with Crippen molar-refractivity contribution in [2.24, 2.45) is 5.10 Å². The highest BCUT2D eigenvalue weighted by Crippen LogP contribution is 2.24. The van der Waals surface area contributed by atoms with E-state index >= 15 is 0 Å². The van der Waals surface area contributed by atoms with Crippen LogP contribution in [0.3, 0.4) is 0 Å². The number of aryl methyl sites for hydroxylation is 1. The smallest absolute Gasteiger partial charge is 0.343 e. The number of nitrogens with one attached hydrogen (secondary N) is 1. The number of amides is 1. The van der Waals surface area contributed by atoms with Gasteiger partial charge in [-0.05, 0) is 66.9 Å². The highest BCUT2D eigenvalue weighted by atomic mass is 79.9. The number of benzene rings is 4. The summed E-state index contributed by atoms with van der Waals surface area (Å²) in [5.74, 6) is -0.00258. The Balaban J connectivity index is 1.37. The zero-order chi connectivity index (χ0) is 26.2. The van der Waals surface area contributed by atoms with Gasteiger partial charge < -0.3 is 9.47 Å². The van der Waals surface area contributed by atoms with E-state index in [2.05, 4.69) is 26.5 Å². The molecule has 0 radical (unpaired) electrons. The largest absolute Gasteiger partial charge is 0.481 e. The number of carbonyl (C=O) groups is 2. The van der Waals surface area contributed by atoms with Gasteiger partial charge in [-0.25, -0.2) is 10.2 Å². The third-order valence-electron chi connectivity index (χ3n) is 5.56. The Bertz CT molecular complexity index is 1420. The second-order valence-electron chi connectivity index (χ2n) is 8.27. The summed E-state index contributed by atoms with van der Waals surface area (Å²) in [5.41, 5.74) is 6.45. The molecule has 0 saturated carbocycles. The fraction of sp³-hybridized carbons (Fsp3) is 0.100. The monoisotopic (exact) mass is 556 g/mol.